The molecule has 2 aromatic rings. The first kappa shape index (κ1) is 12.3. The van der Waals surface area contributed by atoms with Crippen LogP contribution in [0, 0.1) is 0 Å². The molecule has 0 fully saturated rings. The van der Waals surface area contributed by atoms with Crippen molar-refractivity contribution >= 4 is 5.84 Å². The zero-order valence-electron chi connectivity index (χ0n) is 10.7. The van der Waals surface area contributed by atoms with E-state index in [-0.39, 0.29) is 11.9 Å². The molecule has 0 spiro atoms. The van der Waals surface area contributed by atoms with Crippen LogP contribution >= 0.6 is 0 Å². The second-order valence-electron chi connectivity index (χ2n) is 4.36. The van der Waals surface area contributed by atoms with Gasteiger partial charge in [0.15, 0.2) is 11.9 Å². The van der Waals surface area contributed by atoms with Gasteiger partial charge < -0.3 is 21.1 Å². The second kappa shape index (κ2) is 5.08. The summed E-state index contributed by atoms with van der Waals surface area (Å²) in [7, 11) is 0. The summed E-state index contributed by atoms with van der Waals surface area (Å²) in [5.74, 6) is 6.62. The lowest BCUT2D eigenvalue weighted by molar-refractivity contribution is 0.0851. The molecule has 0 bridgehead atoms. The predicted octanol–water partition coefficient (Wildman–Crippen LogP) is 1.17. The molecule has 4 N–H and O–H groups in total. The van der Waals surface area contributed by atoms with Gasteiger partial charge in [-0.1, -0.05) is 18.2 Å². The molecule has 1 atom stereocenters. The van der Waals surface area contributed by atoms with Crippen LogP contribution in [0.2, 0.25) is 0 Å². The van der Waals surface area contributed by atoms with E-state index in [4.69, 9.17) is 21.1 Å². The molecule has 1 unspecified atom stereocenters. The van der Waals surface area contributed by atoms with Gasteiger partial charge in [0, 0.05) is 11.8 Å². The molecule has 0 aliphatic carbocycles. The molecule has 6 heteroatoms. The summed E-state index contributed by atoms with van der Waals surface area (Å²) in [5, 5.41) is 3.49. The minimum absolute atomic E-state index is 0.233. The van der Waals surface area contributed by atoms with Gasteiger partial charge in [-0.2, -0.15) is 5.10 Å². The number of amidine groups is 1. The van der Waals surface area contributed by atoms with Crippen LogP contribution in [0.25, 0.3) is 0 Å². The smallest absolute Gasteiger partial charge is 0.257 e. The lowest BCUT2D eigenvalue weighted by atomic mass is 10.1. The van der Waals surface area contributed by atoms with Gasteiger partial charge >= 0.3 is 0 Å². The van der Waals surface area contributed by atoms with Crippen LogP contribution in [0.1, 0.15) is 17.2 Å². The number of hydrogen-bond donors (Lipinski definition) is 2. The number of benzene rings is 1. The fourth-order valence-corrected chi connectivity index (χ4v) is 2.05. The molecule has 20 heavy (non-hydrogen) atoms. The summed E-state index contributed by atoms with van der Waals surface area (Å²) in [5.41, 5.74) is 7.40. The van der Waals surface area contributed by atoms with Gasteiger partial charge in [0.25, 0.3) is 5.88 Å². The molecular weight excluding hydrogens is 256 g/mol. The molecule has 0 radical (unpaired) electrons. The molecule has 0 saturated carbocycles. The first-order valence-electron chi connectivity index (χ1n) is 6.16. The van der Waals surface area contributed by atoms with Crippen LogP contribution in [0.15, 0.2) is 47.7 Å². The molecule has 2 heterocycles. The van der Waals surface area contributed by atoms with Crippen LogP contribution in [0.4, 0.5) is 0 Å². The van der Waals surface area contributed by atoms with Crippen LogP contribution < -0.4 is 21.1 Å². The summed E-state index contributed by atoms with van der Waals surface area (Å²) in [6, 6.07) is 11.2. The van der Waals surface area contributed by atoms with Gasteiger partial charge in [0.05, 0.1) is 0 Å². The van der Waals surface area contributed by atoms with Crippen LogP contribution in [0.3, 0.4) is 0 Å². The number of hydrazone groups is 1. The van der Waals surface area contributed by atoms with Gasteiger partial charge in [-0.3, -0.25) is 0 Å². The summed E-state index contributed by atoms with van der Waals surface area (Å²) in [6.45, 7) is 0.418. The standard InChI is InChI=1S/C14H14N4O2/c15-13(18-16)10-4-1-3-9(7-10)12-8-19-11-5-2-6-17-14(11)20-12/h1-7,12H,8,16H2,(H2,15,18). The van der Waals surface area contributed by atoms with E-state index in [9.17, 15) is 0 Å². The van der Waals surface area contributed by atoms with Gasteiger partial charge in [0.2, 0.25) is 0 Å². The lowest BCUT2D eigenvalue weighted by Gasteiger charge is -2.25. The lowest BCUT2D eigenvalue weighted by Crippen LogP contribution is -2.23. The number of fused-ring (bicyclic) bond motifs is 1. The van der Waals surface area contributed by atoms with E-state index in [1.807, 2.05) is 36.4 Å². The quantitative estimate of drug-likeness (QED) is 0.369. The van der Waals surface area contributed by atoms with Crippen molar-refractivity contribution in [3.63, 3.8) is 0 Å². The third kappa shape index (κ3) is 2.23. The highest BCUT2D eigenvalue weighted by Gasteiger charge is 2.23. The zero-order chi connectivity index (χ0) is 13.9. The van der Waals surface area contributed by atoms with E-state index >= 15 is 0 Å². The molecule has 1 aliphatic heterocycles. The van der Waals surface area contributed by atoms with Gasteiger partial charge in [0.1, 0.15) is 12.4 Å². The number of nitrogens with two attached hydrogens (primary N) is 2. The minimum atomic E-state index is -0.233. The van der Waals surface area contributed by atoms with E-state index in [1.165, 1.54) is 0 Å². The Kier molecular flexibility index (Phi) is 3.12. The Morgan fingerprint density at radius 2 is 2.20 bits per heavy atom. The largest absolute Gasteiger partial charge is 0.484 e. The summed E-state index contributed by atoms with van der Waals surface area (Å²) in [6.07, 6.45) is 1.43. The van der Waals surface area contributed by atoms with Crippen LogP contribution in [-0.4, -0.2) is 17.4 Å². The molecular formula is C14H14N4O2. The minimum Gasteiger partial charge on any atom is -0.484 e. The predicted molar refractivity (Wildman–Crippen MR) is 74.5 cm³/mol. The third-order valence-electron chi connectivity index (χ3n) is 3.07. The Morgan fingerprint density at radius 1 is 1.30 bits per heavy atom. The summed E-state index contributed by atoms with van der Waals surface area (Å²) < 4.78 is 11.5. The van der Waals surface area contributed by atoms with Gasteiger partial charge in [-0.05, 0) is 23.8 Å². The van der Waals surface area contributed by atoms with E-state index in [0.717, 1.165) is 11.1 Å². The molecule has 0 amide bonds. The highest BCUT2D eigenvalue weighted by atomic mass is 16.6. The van der Waals surface area contributed by atoms with Crippen molar-refractivity contribution in [3.8, 4) is 11.6 Å². The molecule has 1 aromatic carbocycles. The SMILES string of the molecule is N/N=C(\N)c1cccc(C2COc3cccnc3O2)c1. The van der Waals surface area contributed by atoms with Crippen molar-refractivity contribution < 1.29 is 9.47 Å². The number of ether oxygens (including phenoxy) is 2. The van der Waals surface area contributed by atoms with Crippen molar-refractivity contribution in [2.24, 2.45) is 16.7 Å². The first-order valence-corrected chi connectivity index (χ1v) is 6.16. The van der Waals surface area contributed by atoms with Gasteiger partial charge in [-0.15, -0.1) is 0 Å². The fraction of sp³-hybridized carbons (Fsp3) is 0.143. The van der Waals surface area contributed by atoms with Crippen molar-refractivity contribution in [2.45, 2.75) is 6.10 Å². The number of nitrogens with zero attached hydrogens (tertiary/aromatic N) is 2. The Labute approximate surface area is 116 Å². The topological polar surface area (TPSA) is 95.8 Å². The maximum absolute atomic E-state index is 5.84. The van der Waals surface area contributed by atoms with E-state index in [1.54, 1.807) is 6.20 Å². The van der Waals surface area contributed by atoms with E-state index in [0.29, 0.717) is 18.2 Å². The average Bonchev–Trinajstić information content (AvgIpc) is 2.53. The maximum atomic E-state index is 5.84. The molecule has 102 valence electrons. The van der Waals surface area contributed by atoms with Crippen molar-refractivity contribution in [2.75, 3.05) is 6.61 Å². The van der Waals surface area contributed by atoms with Crippen molar-refractivity contribution in [1.29, 1.82) is 0 Å². The van der Waals surface area contributed by atoms with E-state index in [2.05, 4.69) is 10.1 Å². The highest BCUT2D eigenvalue weighted by molar-refractivity contribution is 5.97. The fourth-order valence-electron chi connectivity index (χ4n) is 2.05. The molecule has 1 aliphatic rings. The second-order valence-corrected chi connectivity index (χ2v) is 4.36. The molecule has 1 aromatic heterocycles. The summed E-state index contributed by atoms with van der Waals surface area (Å²) in [4.78, 5) is 4.15. The zero-order valence-corrected chi connectivity index (χ0v) is 10.7. The van der Waals surface area contributed by atoms with Crippen molar-refractivity contribution in [3.05, 3.63) is 53.7 Å². The Balaban J connectivity index is 1.88. The summed E-state index contributed by atoms with van der Waals surface area (Å²) >= 11 is 0. The molecule has 3 rings (SSSR count). The molecule has 0 saturated heterocycles. The Morgan fingerprint density at radius 3 is 3.05 bits per heavy atom. The number of hydrogen-bond acceptors (Lipinski definition) is 5. The van der Waals surface area contributed by atoms with Crippen molar-refractivity contribution in [1.82, 2.24) is 4.98 Å². The Hall–Kier alpha value is -2.76. The Bertz CT molecular complexity index is 657. The van der Waals surface area contributed by atoms with E-state index < -0.39 is 0 Å². The van der Waals surface area contributed by atoms with Crippen LogP contribution in [-0.2, 0) is 0 Å². The first-order chi connectivity index (χ1) is 9.78. The van der Waals surface area contributed by atoms with Crippen LogP contribution in [0.5, 0.6) is 11.6 Å². The number of pyridine rings is 1. The monoisotopic (exact) mass is 270 g/mol. The maximum Gasteiger partial charge on any atom is 0.257 e. The van der Waals surface area contributed by atoms with Gasteiger partial charge in [-0.25, -0.2) is 4.98 Å². The highest BCUT2D eigenvalue weighted by Crippen LogP contribution is 2.33. The third-order valence-corrected chi connectivity index (χ3v) is 3.07. The normalized spacial score (nSPS) is 17.8. The molecule has 6 nitrogen and oxygen atoms in total. The number of aromatic nitrogens is 1. The average molecular weight is 270 g/mol. The number of rotatable bonds is 2.